The van der Waals surface area contributed by atoms with E-state index in [0.29, 0.717) is 13.1 Å². The smallest absolute Gasteiger partial charge is 0.324 e. The first kappa shape index (κ1) is 31.1. The Morgan fingerprint density at radius 2 is 1.10 bits per heavy atom. The minimum atomic E-state index is -4.02. The van der Waals surface area contributed by atoms with Crippen molar-refractivity contribution in [2.45, 2.75) is 19.6 Å². The second-order valence-corrected chi connectivity index (χ2v) is 13.5. The molecule has 2 N–H and O–H groups in total. The van der Waals surface area contributed by atoms with Crippen molar-refractivity contribution in [3.8, 4) is 27.9 Å². The molecule has 10 heteroatoms. The van der Waals surface area contributed by atoms with E-state index in [-0.39, 0.29) is 12.7 Å². The van der Waals surface area contributed by atoms with Crippen LogP contribution in [0, 0.1) is 0 Å². The fourth-order valence-corrected chi connectivity index (χ4v) is 6.13. The Kier molecular flexibility index (Phi) is 8.90. The Balaban J connectivity index is 0.964. The Hall–Kier alpha value is -5.47. The van der Waals surface area contributed by atoms with Crippen molar-refractivity contribution >= 4 is 18.5 Å². The van der Waals surface area contributed by atoms with Gasteiger partial charge >= 0.3 is 7.60 Å². The number of fused-ring (bicyclic) bond motifs is 1. The van der Waals surface area contributed by atoms with Crippen LogP contribution in [0.3, 0.4) is 0 Å². The summed E-state index contributed by atoms with van der Waals surface area (Å²) < 4.78 is 19.3. The number of hydrogen-bond acceptors (Lipinski definition) is 3. The number of aromatic nitrogens is 6. The molecule has 0 radical (unpaired) electrons. The summed E-state index contributed by atoms with van der Waals surface area (Å²) in [6.07, 6.45) is 17.8. The van der Waals surface area contributed by atoms with Gasteiger partial charge in [0.15, 0.2) is 69.2 Å². The third-order valence-corrected chi connectivity index (χ3v) is 9.04. The van der Waals surface area contributed by atoms with Crippen molar-refractivity contribution in [2.75, 3.05) is 6.16 Å². The Morgan fingerprint density at radius 3 is 1.65 bits per heavy atom. The van der Waals surface area contributed by atoms with Gasteiger partial charge < -0.3 is 9.79 Å². The Morgan fingerprint density at radius 1 is 0.583 bits per heavy atom. The SMILES string of the molecule is O=P(O)(O)CC[n+]1ccc(-c2cc[n+](Cc3cccc(C[n+]4ccc(-c5cc[n+](-c6ccc7cccnc7c6)cc5)cc4)n3)cc2)cc1. The van der Waals surface area contributed by atoms with Crippen LogP contribution in [-0.2, 0) is 24.2 Å². The van der Waals surface area contributed by atoms with E-state index in [2.05, 4.69) is 116 Å². The Labute approximate surface area is 278 Å². The van der Waals surface area contributed by atoms with Gasteiger partial charge in [-0.05, 0) is 46.5 Å². The molecule has 0 unspecified atom stereocenters. The van der Waals surface area contributed by atoms with Crippen LogP contribution >= 0.6 is 7.60 Å². The van der Waals surface area contributed by atoms with Crippen LogP contribution in [-0.4, -0.2) is 25.9 Å². The first-order valence-corrected chi connectivity index (χ1v) is 17.5. The number of nitrogens with zero attached hydrogens (tertiary/aromatic N) is 6. The summed E-state index contributed by atoms with van der Waals surface area (Å²) in [7, 11) is -4.02. The summed E-state index contributed by atoms with van der Waals surface area (Å²) in [6.45, 7) is 1.60. The van der Waals surface area contributed by atoms with E-state index < -0.39 is 7.60 Å². The zero-order valence-corrected chi connectivity index (χ0v) is 27.1. The third-order valence-electron chi connectivity index (χ3n) is 8.26. The molecular weight excluding hydrogens is 619 g/mol. The van der Waals surface area contributed by atoms with Crippen LogP contribution in [0.1, 0.15) is 11.4 Å². The highest BCUT2D eigenvalue weighted by Crippen LogP contribution is 2.33. The van der Waals surface area contributed by atoms with E-state index in [9.17, 15) is 4.57 Å². The van der Waals surface area contributed by atoms with Crippen LogP contribution in [0.2, 0.25) is 0 Å². The highest BCUT2D eigenvalue weighted by molar-refractivity contribution is 7.51. The molecule has 9 nitrogen and oxygen atoms in total. The molecule has 0 spiro atoms. The van der Waals surface area contributed by atoms with Crippen LogP contribution in [0.25, 0.3) is 38.8 Å². The topological polar surface area (TPSA) is 98.8 Å². The van der Waals surface area contributed by atoms with Crippen LogP contribution in [0.4, 0.5) is 0 Å². The van der Waals surface area contributed by atoms with Gasteiger partial charge in [0.1, 0.15) is 17.5 Å². The van der Waals surface area contributed by atoms with E-state index >= 15 is 0 Å². The van der Waals surface area contributed by atoms with Gasteiger partial charge in [-0.1, -0.05) is 12.1 Å². The standard InChI is InChI=1S/C38H33N6O3P/c45-48(46,47)26-25-41-17-8-30(9-18-41)31-10-19-42(20-11-31)28-35-4-1-5-36(40-35)29-43-21-12-32(13-22-43)33-14-23-44(24-15-33)37-7-6-34-3-2-16-39-38(34)27-37/h1-24,27H,25-26,28-29H2/q+2/p+2. The van der Waals surface area contributed by atoms with Gasteiger partial charge in [-0.3, -0.25) is 9.55 Å². The van der Waals surface area contributed by atoms with E-state index in [1.807, 2.05) is 55.2 Å². The fourth-order valence-electron chi connectivity index (χ4n) is 5.64. The molecule has 0 amide bonds. The normalized spacial score (nSPS) is 11.5. The molecule has 6 aromatic heterocycles. The first-order chi connectivity index (χ1) is 23.3. The highest BCUT2D eigenvalue weighted by Gasteiger charge is 2.16. The van der Waals surface area contributed by atoms with Gasteiger partial charge in [0.05, 0.1) is 5.52 Å². The van der Waals surface area contributed by atoms with Crippen molar-refractivity contribution in [3.05, 3.63) is 164 Å². The molecule has 0 fully saturated rings. The highest BCUT2D eigenvalue weighted by atomic mass is 31.2. The zero-order chi connectivity index (χ0) is 32.9. The monoisotopic (exact) mass is 654 g/mol. The molecule has 0 aliphatic heterocycles. The van der Waals surface area contributed by atoms with Gasteiger partial charge in [0, 0.05) is 72.2 Å². The summed E-state index contributed by atoms with van der Waals surface area (Å²) in [5.41, 5.74) is 8.42. The molecule has 236 valence electrons. The van der Waals surface area contributed by atoms with E-state index in [1.54, 1.807) is 4.57 Å². The maximum atomic E-state index is 11.1. The number of aryl methyl sites for hydroxylation is 1. The molecule has 48 heavy (non-hydrogen) atoms. The summed E-state index contributed by atoms with van der Waals surface area (Å²) in [4.78, 5) is 27.6. The lowest BCUT2D eigenvalue weighted by atomic mass is 10.1. The molecular formula is C38H35N6O3P+4. The summed E-state index contributed by atoms with van der Waals surface area (Å²) in [5, 5.41) is 1.13. The third kappa shape index (κ3) is 7.73. The molecule has 7 rings (SSSR count). The maximum absolute atomic E-state index is 11.1. The van der Waals surface area contributed by atoms with Gasteiger partial charge in [-0.2, -0.15) is 13.7 Å². The van der Waals surface area contributed by atoms with E-state index in [4.69, 9.17) is 14.8 Å². The molecule has 6 heterocycles. The minimum absolute atomic E-state index is 0.177. The molecule has 1 aromatic carbocycles. The molecule has 7 aromatic rings. The van der Waals surface area contributed by atoms with Gasteiger partial charge in [0.25, 0.3) is 0 Å². The van der Waals surface area contributed by atoms with Crippen molar-refractivity contribution in [3.63, 3.8) is 0 Å². The zero-order valence-electron chi connectivity index (χ0n) is 26.2. The van der Waals surface area contributed by atoms with Crippen LogP contribution < -0.4 is 18.3 Å². The fraction of sp³-hybridized carbons (Fsp3) is 0.105. The lowest BCUT2D eigenvalue weighted by molar-refractivity contribution is -0.692. The second-order valence-electron chi connectivity index (χ2n) is 11.7. The second kappa shape index (κ2) is 13.7. The summed E-state index contributed by atoms with van der Waals surface area (Å²) in [6, 6.07) is 33.0. The summed E-state index contributed by atoms with van der Waals surface area (Å²) in [5.74, 6) is 0. The molecule has 0 aliphatic rings. The number of rotatable bonds is 10. The average molecular weight is 655 g/mol. The number of benzene rings is 1. The number of pyridine rings is 6. The molecule has 0 bridgehead atoms. The maximum Gasteiger partial charge on any atom is 0.331 e. The van der Waals surface area contributed by atoms with Crippen molar-refractivity contribution < 1.29 is 32.6 Å². The Bertz CT molecular complexity index is 2220. The number of hydrogen-bond donors (Lipinski definition) is 2. The van der Waals surface area contributed by atoms with Gasteiger partial charge in [0.2, 0.25) is 5.69 Å². The van der Waals surface area contributed by atoms with E-state index in [1.165, 1.54) is 0 Å². The summed E-state index contributed by atoms with van der Waals surface area (Å²) >= 11 is 0. The molecule has 0 saturated heterocycles. The first-order valence-electron chi connectivity index (χ1n) is 15.7. The van der Waals surface area contributed by atoms with Gasteiger partial charge in [-0.25, -0.2) is 9.55 Å². The molecule has 0 aliphatic carbocycles. The van der Waals surface area contributed by atoms with Gasteiger partial charge in [-0.15, -0.1) is 0 Å². The van der Waals surface area contributed by atoms with Crippen molar-refractivity contribution in [1.29, 1.82) is 0 Å². The van der Waals surface area contributed by atoms with Crippen molar-refractivity contribution in [1.82, 2.24) is 9.97 Å². The lowest BCUT2D eigenvalue weighted by Crippen LogP contribution is -2.35. The van der Waals surface area contributed by atoms with Crippen molar-refractivity contribution in [2.24, 2.45) is 0 Å². The average Bonchev–Trinajstić information content (AvgIpc) is 3.11. The van der Waals surface area contributed by atoms with Crippen LogP contribution in [0.5, 0.6) is 0 Å². The predicted molar refractivity (Wildman–Crippen MR) is 181 cm³/mol. The van der Waals surface area contributed by atoms with Crippen LogP contribution in [0.15, 0.2) is 153 Å². The van der Waals surface area contributed by atoms with E-state index in [0.717, 1.165) is 50.2 Å². The molecule has 0 saturated carbocycles. The largest absolute Gasteiger partial charge is 0.331 e. The quantitative estimate of drug-likeness (QED) is 0.169. The predicted octanol–water partition coefficient (Wildman–Crippen LogP) is 4.38. The molecule has 0 atom stereocenters. The lowest BCUT2D eigenvalue weighted by Gasteiger charge is -2.04. The minimum Gasteiger partial charge on any atom is -0.324 e.